The zero-order valence-corrected chi connectivity index (χ0v) is 6.32. The average Bonchev–Trinajstić information content (AvgIpc) is 2.04. The maximum Gasteiger partial charge on any atom is 0.122 e. The molecule has 0 amide bonds. The highest BCUT2D eigenvalue weighted by Gasteiger charge is 2.01. The molecular formula is C9H11F. The molecule has 0 N–H and O–H groups in total. The number of rotatable bonds is 0. The van der Waals surface area contributed by atoms with Crippen LogP contribution >= 0.6 is 0 Å². The fraction of sp³-hybridized carbons (Fsp3) is 0.333. The lowest BCUT2D eigenvalue weighted by Gasteiger charge is -1.97. The summed E-state index contributed by atoms with van der Waals surface area (Å²) in [5, 5.41) is 0. The molecule has 1 aliphatic carbocycles. The molecule has 0 saturated carbocycles. The van der Waals surface area contributed by atoms with E-state index in [1.807, 2.05) is 19.1 Å². The summed E-state index contributed by atoms with van der Waals surface area (Å²) in [6, 6.07) is 0. The molecule has 0 saturated heterocycles. The average molecular weight is 138 g/mol. The van der Waals surface area contributed by atoms with Crippen LogP contribution in [0.2, 0.25) is 0 Å². The van der Waals surface area contributed by atoms with E-state index in [0.29, 0.717) is 6.42 Å². The molecule has 1 rings (SSSR count). The van der Waals surface area contributed by atoms with Crippen LogP contribution in [0.1, 0.15) is 20.3 Å². The number of allylic oxidation sites excluding steroid dienone is 6. The molecule has 0 heterocycles. The molecule has 0 aliphatic heterocycles. The quantitative estimate of drug-likeness (QED) is 0.482. The Hall–Kier alpha value is -0.850. The van der Waals surface area contributed by atoms with Crippen LogP contribution in [0.25, 0.3) is 0 Å². The molecule has 10 heavy (non-hydrogen) atoms. The summed E-state index contributed by atoms with van der Waals surface area (Å²) >= 11 is 0. The van der Waals surface area contributed by atoms with E-state index < -0.39 is 0 Å². The van der Waals surface area contributed by atoms with E-state index in [1.54, 1.807) is 13.0 Å². The highest BCUT2D eigenvalue weighted by molar-refractivity contribution is 5.36. The Kier molecular flexibility index (Phi) is 2.05. The van der Waals surface area contributed by atoms with Crippen molar-refractivity contribution in [3.05, 3.63) is 35.2 Å². The van der Waals surface area contributed by atoms with Gasteiger partial charge in [-0.15, -0.1) is 0 Å². The van der Waals surface area contributed by atoms with E-state index in [2.05, 4.69) is 0 Å². The normalized spacial score (nSPS) is 18.9. The second-order valence-electron chi connectivity index (χ2n) is 2.50. The van der Waals surface area contributed by atoms with Crippen molar-refractivity contribution < 1.29 is 4.39 Å². The van der Waals surface area contributed by atoms with Gasteiger partial charge in [-0.1, -0.05) is 12.2 Å². The van der Waals surface area contributed by atoms with E-state index in [9.17, 15) is 4.39 Å². The molecule has 0 aromatic heterocycles. The Bertz CT molecular complexity index is 219. The summed E-state index contributed by atoms with van der Waals surface area (Å²) in [6.45, 7) is 3.72. The van der Waals surface area contributed by atoms with Gasteiger partial charge in [-0.3, -0.25) is 0 Å². The van der Waals surface area contributed by atoms with Crippen molar-refractivity contribution in [2.24, 2.45) is 0 Å². The zero-order chi connectivity index (χ0) is 7.56. The van der Waals surface area contributed by atoms with Crippen molar-refractivity contribution in [1.29, 1.82) is 0 Å². The van der Waals surface area contributed by atoms with Crippen LogP contribution in [0.3, 0.4) is 0 Å². The molecule has 0 spiro atoms. The molecule has 54 valence electrons. The van der Waals surface area contributed by atoms with Crippen LogP contribution in [0.5, 0.6) is 0 Å². The van der Waals surface area contributed by atoms with Crippen molar-refractivity contribution in [1.82, 2.24) is 0 Å². The molecule has 0 atom stereocenters. The summed E-state index contributed by atoms with van der Waals surface area (Å²) in [7, 11) is 0. The standard InChI is InChI=1S/C9H11F/c1-7-5-3-4-6-9(10)8(7)2/h3,5-6H,4H2,1-2H3. The molecule has 0 aromatic rings. The van der Waals surface area contributed by atoms with Gasteiger partial charge < -0.3 is 0 Å². The van der Waals surface area contributed by atoms with Crippen molar-refractivity contribution >= 4 is 0 Å². The van der Waals surface area contributed by atoms with E-state index in [-0.39, 0.29) is 5.83 Å². The lowest BCUT2D eigenvalue weighted by molar-refractivity contribution is 0.646. The lowest BCUT2D eigenvalue weighted by Crippen LogP contribution is -1.79. The molecule has 0 aromatic carbocycles. The lowest BCUT2D eigenvalue weighted by atomic mass is 10.1. The minimum atomic E-state index is -0.0810. The maximum atomic E-state index is 12.9. The van der Waals surface area contributed by atoms with Gasteiger partial charge >= 0.3 is 0 Å². The van der Waals surface area contributed by atoms with Gasteiger partial charge in [-0.05, 0) is 37.5 Å². The smallest absolute Gasteiger partial charge is 0.122 e. The first-order valence-corrected chi connectivity index (χ1v) is 3.42. The van der Waals surface area contributed by atoms with E-state index in [0.717, 1.165) is 11.1 Å². The second kappa shape index (κ2) is 2.82. The molecular weight excluding hydrogens is 127 g/mol. The summed E-state index contributed by atoms with van der Waals surface area (Å²) in [6.07, 6.45) is 6.23. The molecule has 0 radical (unpaired) electrons. The van der Waals surface area contributed by atoms with Crippen molar-refractivity contribution in [2.45, 2.75) is 20.3 Å². The molecule has 0 nitrogen and oxygen atoms in total. The van der Waals surface area contributed by atoms with Crippen LogP contribution < -0.4 is 0 Å². The molecule has 0 fully saturated rings. The fourth-order valence-corrected chi connectivity index (χ4v) is 0.883. The minimum absolute atomic E-state index is 0.0810. The summed E-state index contributed by atoms with van der Waals surface area (Å²) < 4.78 is 12.9. The van der Waals surface area contributed by atoms with Crippen LogP contribution in [-0.2, 0) is 0 Å². The zero-order valence-electron chi connectivity index (χ0n) is 6.32. The van der Waals surface area contributed by atoms with Gasteiger partial charge in [0.1, 0.15) is 5.83 Å². The molecule has 0 bridgehead atoms. The van der Waals surface area contributed by atoms with Gasteiger partial charge in [0.05, 0.1) is 0 Å². The van der Waals surface area contributed by atoms with Gasteiger partial charge in [-0.25, -0.2) is 4.39 Å². The summed E-state index contributed by atoms with van der Waals surface area (Å²) in [5.41, 5.74) is 1.78. The van der Waals surface area contributed by atoms with E-state index in [1.165, 1.54) is 0 Å². The number of hydrogen-bond donors (Lipinski definition) is 0. The van der Waals surface area contributed by atoms with Crippen molar-refractivity contribution in [3.63, 3.8) is 0 Å². The third kappa shape index (κ3) is 1.35. The first-order valence-electron chi connectivity index (χ1n) is 3.42. The Balaban J connectivity index is 3.02. The van der Waals surface area contributed by atoms with Crippen molar-refractivity contribution in [3.8, 4) is 0 Å². The van der Waals surface area contributed by atoms with E-state index in [4.69, 9.17) is 0 Å². The van der Waals surface area contributed by atoms with Crippen molar-refractivity contribution in [2.75, 3.05) is 0 Å². The van der Waals surface area contributed by atoms with Gasteiger partial charge in [0, 0.05) is 0 Å². The predicted molar refractivity (Wildman–Crippen MR) is 41.3 cm³/mol. The topological polar surface area (TPSA) is 0 Å². The maximum absolute atomic E-state index is 12.9. The SMILES string of the molecule is CC1=C(C)C(F)=CCC=C1. The van der Waals surface area contributed by atoms with Gasteiger partial charge in [0.2, 0.25) is 0 Å². The monoisotopic (exact) mass is 138 g/mol. The van der Waals surface area contributed by atoms with Crippen LogP contribution in [0, 0.1) is 0 Å². The molecule has 1 aliphatic rings. The van der Waals surface area contributed by atoms with Crippen LogP contribution in [-0.4, -0.2) is 0 Å². The molecule has 1 heteroatoms. The van der Waals surface area contributed by atoms with E-state index >= 15 is 0 Å². The predicted octanol–water partition coefficient (Wildman–Crippen LogP) is 3.14. The Morgan fingerprint density at radius 1 is 1.40 bits per heavy atom. The highest BCUT2D eigenvalue weighted by atomic mass is 19.1. The summed E-state index contributed by atoms with van der Waals surface area (Å²) in [4.78, 5) is 0. The largest absolute Gasteiger partial charge is 0.207 e. The van der Waals surface area contributed by atoms with Crippen LogP contribution in [0.4, 0.5) is 4.39 Å². The Morgan fingerprint density at radius 3 is 2.80 bits per heavy atom. The van der Waals surface area contributed by atoms with Gasteiger partial charge in [0.25, 0.3) is 0 Å². The Morgan fingerprint density at radius 2 is 2.10 bits per heavy atom. The fourth-order valence-electron chi connectivity index (χ4n) is 0.883. The second-order valence-corrected chi connectivity index (χ2v) is 2.50. The number of hydrogen-bond acceptors (Lipinski definition) is 0. The number of halogens is 1. The minimum Gasteiger partial charge on any atom is -0.207 e. The van der Waals surface area contributed by atoms with Gasteiger partial charge in [0.15, 0.2) is 0 Å². The van der Waals surface area contributed by atoms with Crippen LogP contribution in [0.15, 0.2) is 35.2 Å². The highest BCUT2D eigenvalue weighted by Crippen LogP contribution is 2.19. The summed E-state index contributed by atoms with van der Waals surface area (Å²) in [5.74, 6) is -0.0810. The molecule has 0 unspecified atom stereocenters. The first-order chi connectivity index (χ1) is 4.72. The third-order valence-corrected chi connectivity index (χ3v) is 1.75. The first kappa shape index (κ1) is 7.26. The Labute approximate surface area is 60.7 Å². The van der Waals surface area contributed by atoms with Gasteiger partial charge in [-0.2, -0.15) is 0 Å². The third-order valence-electron chi connectivity index (χ3n) is 1.75.